The van der Waals surface area contributed by atoms with Crippen LogP contribution in [0.4, 0.5) is 0 Å². The van der Waals surface area contributed by atoms with Gasteiger partial charge in [-0.25, -0.2) is 0 Å². The number of carbonyl (C=O) groups is 1. The van der Waals surface area contributed by atoms with Gasteiger partial charge in [0.05, 0.1) is 18.1 Å². The van der Waals surface area contributed by atoms with Gasteiger partial charge in [0.1, 0.15) is 5.78 Å². The van der Waals surface area contributed by atoms with Crippen molar-refractivity contribution in [1.29, 1.82) is 0 Å². The molecule has 1 aromatic carbocycles. The third kappa shape index (κ3) is 2.58. The highest BCUT2D eigenvalue weighted by Gasteiger charge is 2.41. The molecule has 2 heterocycles. The van der Waals surface area contributed by atoms with Gasteiger partial charge >= 0.3 is 0 Å². The van der Waals surface area contributed by atoms with Gasteiger partial charge in [0.25, 0.3) is 0 Å². The number of ketones is 1. The maximum atomic E-state index is 12.2. The van der Waals surface area contributed by atoms with Gasteiger partial charge in [-0.1, -0.05) is 30.3 Å². The molecule has 3 rings (SSSR count). The molecule has 0 N–H and O–H groups in total. The molecule has 2 saturated heterocycles. The zero-order chi connectivity index (χ0) is 13.3. The molecule has 0 bridgehead atoms. The van der Waals surface area contributed by atoms with E-state index < -0.39 is 0 Å². The highest BCUT2D eigenvalue weighted by Crippen LogP contribution is 2.36. The zero-order valence-electron chi connectivity index (χ0n) is 11.5. The van der Waals surface area contributed by atoms with Gasteiger partial charge in [0.2, 0.25) is 0 Å². The predicted octanol–water partition coefficient (Wildman–Crippen LogP) is 2.01. The Labute approximate surface area is 114 Å². The number of nitrogens with zero attached hydrogens (tertiary/aromatic N) is 1. The molecule has 2 fully saturated rings. The van der Waals surface area contributed by atoms with Gasteiger partial charge in [-0.15, -0.1) is 0 Å². The van der Waals surface area contributed by atoms with Crippen molar-refractivity contribution in [2.75, 3.05) is 26.2 Å². The van der Waals surface area contributed by atoms with Crippen molar-refractivity contribution < 1.29 is 9.53 Å². The molecule has 102 valence electrons. The van der Waals surface area contributed by atoms with Crippen molar-refractivity contribution in [1.82, 2.24) is 4.90 Å². The number of benzene rings is 1. The highest BCUT2D eigenvalue weighted by molar-refractivity contribution is 5.88. The average molecular weight is 259 g/mol. The topological polar surface area (TPSA) is 32.8 Å². The summed E-state index contributed by atoms with van der Waals surface area (Å²) < 4.78 is 5.29. The molecule has 0 aromatic heterocycles. The molecule has 1 atom stereocenters. The molecule has 0 amide bonds. The summed E-state index contributed by atoms with van der Waals surface area (Å²) in [7, 11) is 0. The Balaban J connectivity index is 1.74. The number of carbonyl (C=O) groups excluding carboxylic acids is 1. The van der Waals surface area contributed by atoms with E-state index in [4.69, 9.17) is 4.74 Å². The average Bonchev–Trinajstić information content (AvgIpc) is 3.24. The van der Waals surface area contributed by atoms with Crippen LogP contribution in [0.1, 0.15) is 25.3 Å². The van der Waals surface area contributed by atoms with Crippen LogP contribution in [-0.2, 0) is 14.9 Å². The normalized spacial score (nSPS) is 26.1. The molecule has 1 unspecified atom stereocenters. The van der Waals surface area contributed by atoms with Crippen LogP contribution in [0.25, 0.3) is 0 Å². The van der Waals surface area contributed by atoms with E-state index in [1.807, 2.05) is 18.2 Å². The molecule has 2 aliphatic heterocycles. The molecule has 1 aromatic rings. The van der Waals surface area contributed by atoms with Crippen LogP contribution < -0.4 is 0 Å². The molecular weight excluding hydrogens is 238 g/mol. The van der Waals surface area contributed by atoms with E-state index in [-0.39, 0.29) is 5.41 Å². The van der Waals surface area contributed by atoms with E-state index in [1.165, 1.54) is 5.56 Å². The van der Waals surface area contributed by atoms with Crippen LogP contribution in [0.3, 0.4) is 0 Å². The Morgan fingerprint density at radius 3 is 2.47 bits per heavy atom. The van der Waals surface area contributed by atoms with E-state index in [9.17, 15) is 4.79 Å². The number of rotatable bonds is 4. The van der Waals surface area contributed by atoms with Crippen LogP contribution in [0.2, 0.25) is 0 Å². The number of Topliss-reactive ketones (excluding diaryl/α,β-unsaturated/α-hetero) is 1. The third-order valence-electron chi connectivity index (χ3n) is 4.57. The van der Waals surface area contributed by atoms with Crippen molar-refractivity contribution in [2.24, 2.45) is 0 Å². The Morgan fingerprint density at radius 2 is 1.95 bits per heavy atom. The molecule has 3 heteroatoms. The minimum absolute atomic E-state index is 0.262. The van der Waals surface area contributed by atoms with Crippen LogP contribution in [0, 0.1) is 0 Å². The molecule has 2 aliphatic rings. The third-order valence-corrected chi connectivity index (χ3v) is 4.57. The quantitative estimate of drug-likeness (QED) is 0.775. The van der Waals surface area contributed by atoms with Gasteiger partial charge in [0.15, 0.2) is 0 Å². The number of likely N-dealkylation sites (tertiary alicyclic amines) is 1. The lowest BCUT2D eigenvalue weighted by molar-refractivity contribution is -0.124. The van der Waals surface area contributed by atoms with Crippen LogP contribution in [0.5, 0.6) is 0 Å². The van der Waals surface area contributed by atoms with E-state index in [0.29, 0.717) is 11.9 Å². The lowest BCUT2D eigenvalue weighted by Gasteiger charge is -2.40. The fourth-order valence-corrected chi connectivity index (χ4v) is 3.18. The van der Waals surface area contributed by atoms with Crippen LogP contribution in [-0.4, -0.2) is 43.0 Å². The SMILES string of the molecule is CC(=O)C1(c2ccccc2)CCN(CC2CO2)CC1. The monoisotopic (exact) mass is 259 g/mol. The standard InChI is InChI=1S/C16H21NO2/c1-13(18)16(14-5-3-2-4-6-14)7-9-17(10-8-16)11-15-12-19-15/h2-6,15H,7-12H2,1H3. The largest absolute Gasteiger partial charge is 0.372 e. The number of hydrogen-bond acceptors (Lipinski definition) is 3. The summed E-state index contributed by atoms with van der Waals surface area (Å²) in [5, 5.41) is 0. The van der Waals surface area contributed by atoms with Crippen molar-refractivity contribution in [2.45, 2.75) is 31.3 Å². The van der Waals surface area contributed by atoms with E-state index in [1.54, 1.807) is 6.92 Å². The second-order valence-electron chi connectivity index (χ2n) is 5.76. The summed E-state index contributed by atoms with van der Waals surface area (Å²) in [4.78, 5) is 14.7. The predicted molar refractivity (Wildman–Crippen MR) is 74.2 cm³/mol. The van der Waals surface area contributed by atoms with E-state index in [0.717, 1.165) is 39.1 Å². The fraction of sp³-hybridized carbons (Fsp3) is 0.562. The Hall–Kier alpha value is -1.19. The first kappa shape index (κ1) is 12.8. The summed E-state index contributed by atoms with van der Waals surface area (Å²) >= 11 is 0. The van der Waals surface area contributed by atoms with Gasteiger partial charge in [0, 0.05) is 6.54 Å². The number of piperidine rings is 1. The minimum atomic E-state index is -0.262. The van der Waals surface area contributed by atoms with E-state index in [2.05, 4.69) is 17.0 Å². The molecule has 0 saturated carbocycles. The van der Waals surface area contributed by atoms with Crippen molar-refractivity contribution in [3.8, 4) is 0 Å². The summed E-state index contributed by atoms with van der Waals surface area (Å²) in [6, 6.07) is 10.3. The Bertz CT molecular complexity index is 445. The summed E-state index contributed by atoms with van der Waals surface area (Å²) in [5.74, 6) is 0.307. The van der Waals surface area contributed by atoms with Gasteiger partial charge in [-0.3, -0.25) is 4.79 Å². The lowest BCUT2D eigenvalue weighted by Crippen LogP contribution is -2.47. The van der Waals surface area contributed by atoms with Gasteiger partial charge in [-0.2, -0.15) is 0 Å². The van der Waals surface area contributed by atoms with Crippen molar-refractivity contribution in [3.63, 3.8) is 0 Å². The maximum absolute atomic E-state index is 12.2. The lowest BCUT2D eigenvalue weighted by atomic mass is 9.70. The number of ether oxygens (including phenoxy) is 1. The molecule has 0 radical (unpaired) electrons. The van der Waals surface area contributed by atoms with Crippen molar-refractivity contribution >= 4 is 5.78 Å². The summed E-state index contributed by atoms with van der Waals surface area (Å²) in [6.07, 6.45) is 2.31. The molecule has 3 nitrogen and oxygen atoms in total. The van der Waals surface area contributed by atoms with Crippen molar-refractivity contribution in [3.05, 3.63) is 35.9 Å². The fourth-order valence-electron chi connectivity index (χ4n) is 3.18. The maximum Gasteiger partial charge on any atom is 0.140 e. The minimum Gasteiger partial charge on any atom is -0.372 e. The first-order chi connectivity index (χ1) is 9.21. The van der Waals surface area contributed by atoms with Gasteiger partial charge < -0.3 is 9.64 Å². The summed E-state index contributed by atoms with van der Waals surface area (Å²) in [5.41, 5.74) is 0.923. The number of epoxide rings is 1. The van der Waals surface area contributed by atoms with E-state index >= 15 is 0 Å². The van der Waals surface area contributed by atoms with Crippen LogP contribution in [0.15, 0.2) is 30.3 Å². The van der Waals surface area contributed by atoms with Gasteiger partial charge in [-0.05, 0) is 38.4 Å². The highest BCUT2D eigenvalue weighted by atomic mass is 16.6. The molecule has 19 heavy (non-hydrogen) atoms. The second kappa shape index (κ2) is 5.06. The molecule has 0 spiro atoms. The smallest absolute Gasteiger partial charge is 0.140 e. The van der Waals surface area contributed by atoms with Crippen LogP contribution >= 0.6 is 0 Å². The Kier molecular flexibility index (Phi) is 3.42. The second-order valence-corrected chi connectivity index (χ2v) is 5.76. The number of hydrogen-bond donors (Lipinski definition) is 0. The first-order valence-electron chi connectivity index (χ1n) is 7.11. The summed E-state index contributed by atoms with van der Waals surface area (Å²) in [6.45, 7) is 5.67. The first-order valence-corrected chi connectivity index (χ1v) is 7.11. The zero-order valence-corrected chi connectivity index (χ0v) is 11.5. The Morgan fingerprint density at radius 1 is 1.32 bits per heavy atom. The molecule has 0 aliphatic carbocycles. The molecular formula is C16H21NO2.